The highest BCUT2D eigenvalue weighted by atomic mass is 32.2. The molecule has 3 rings (SSSR count). The van der Waals surface area contributed by atoms with Gasteiger partial charge in [-0.2, -0.15) is 0 Å². The number of thiazole rings is 1. The van der Waals surface area contributed by atoms with Crippen molar-refractivity contribution in [1.29, 1.82) is 0 Å². The van der Waals surface area contributed by atoms with Crippen LogP contribution in [0.15, 0.2) is 34.5 Å². The lowest BCUT2D eigenvalue weighted by Crippen LogP contribution is -2.33. The molecule has 9 heteroatoms. The van der Waals surface area contributed by atoms with Gasteiger partial charge in [0.2, 0.25) is 10.0 Å². The highest BCUT2D eigenvalue weighted by molar-refractivity contribution is 7.89. The second-order valence-electron chi connectivity index (χ2n) is 7.11. The van der Waals surface area contributed by atoms with Gasteiger partial charge in [0.15, 0.2) is 5.13 Å². The lowest BCUT2D eigenvalue weighted by Gasteiger charge is -2.30. The van der Waals surface area contributed by atoms with Crippen molar-refractivity contribution >= 4 is 32.4 Å². The third-order valence-corrected chi connectivity index (χ3v) is 7.03. The Bertz CT molecular complexity index is 910. The molecule has 1 fully saturated rings. The Morgan fingerprint density at radius 2 is 2.07 bits per heavy atom. The van der Waals surface area contributed by atoms with Gasteiger partial charge in [-0.25, -0.2) is 18.1 Å². The summed E-state index contributed by atoms with van der Waals surface area (Å²) in [6, 6.07) is 5.86. The first-order valence-electron chi connectivity index (χ1n) is 9.45. The Hall–Kier alpha value is -1.81. The fraction of sp³-hybridized carbons (Fsp3) is 0.474. The largest absolute Gasteiger partial charge is 0.298 e. The molecule has 0 spiro atoms. The van der Waals surface area contributed by atoms with E-state index in [1.54, 1.807) is 6.92 Å². The number of nitrogens with one attached hydrogen (secondary N) is 2. The molecule has 0 bridgehead atoms. The standard InChI is InChI=1S/C19H26N4O3S2/c1-3-20-28(25,26)17-8-6-15(7-9-17)18(24)22-19-21-16(13-27-19)12-23-10-4-5-14(2)11-23/h6-9,13-14,20H,3-5,10-12H2,1-2H3,(H,21,22,24). The minimum Gasteiger partial charge on any atom is -0.298 e. The number of anilines is 1. The molecule has 0 aliphatic carbocycles. The number of amides is 1. The van der Waals surface area contributed by atoms with Crippen molar-refractivity contribution in [2.24, 2.45) is 5.92 Å². The minimum atomic E-state index is -3.52. The molecule has 1 atom stereocenters. The van der Waals surface area contributed by atoms with Crippen molar-refractivity contribution in [2.45, 2.75) is 38.1 Å². The van der Waals surface area contributed by atoms with Gasteiger partial charge in [-0.3, -0.25) is 15.0 Å². The number of carbonyl (C=O) groups is 1. The van der Waals surface area contributed by atoms with Crippen LogP contribution in [0.25, 0.3) is 0 Å². The van der Waals surface area contributed by atoms with E-state index in [-0.39, 0.29) is 10.8 Å². The van der Waals surface area contributed by atoms with Gasteiger partial charge >= 0.3 is 0 Å². The first kappa shape index (κ1) is 20.9. The van der Waals surface area contributed by atoms with Crippen LogP contribution in [0.1, 0.15) is 42.7 Å². The first-order valence-corrected chi connectivity index (χ1v) is 11.8. The van der Waals surface area contributed by atoms with Crippen molar-refractivity contribution in [3.8, 4) is 0 Å². The van der Waals surface area contributed by atoms with Crippen LogP contribution in [0.3, 0.4) is 0 Å². The third kappa shape index (κ3) is 5.38. The predicted molar refractivity (Wildman–Crippen MR) is 111 cm³/mol. The maximum absolute atomic E-state index is 12.4. The molecule has 28 heavy (non-hydrogen) atoms. The second-order valence-corrected chi connectivity index (χ2v) is 9.73. The maximum Gasteiger partial charge on any atom is 0.257 e. The van der Waals surface area contributed by atoms with Crippen LogP contribution in [-0.2, 0) is 16.6 Å². The third-order valence-electron chi connectivity index (χ3n) is 4.66. The summed E-state index contributed by atoms with van der Waals surface area (Å²) in [6.45, 7) is 7.27. The van der Waals surface area contributed by atoms with Crippen molar-refractivity contribution in [1.82, 2.24) is 14.6 Å². The van der Waals surface area contributed by atoms with Crippen LogP contribution < -0.4 is 10.0 Å². The summed E-state index contributed by atoms with van der Waals surface area (Å²) in [5, 5.41) is 5.32. The Balaban J connectivity index is 1.60. The number of nitrogens with zero attached hydrogens (tertiary/aromatic N) is 2. The van der Waals surface area contributed by atoms with Gasteiger partial charge in [0, 0.05) is 30.6 Å². The summed E-state index contributed by atoms with van der Waals surface area (Å²) in [5.74, 6) is 0.408. The molecule has 2 aromatic rings. The number of hydrogen-bond donors (Lipinski definition) is 2. The summed E-state index contributed by atoms with van der Waals surface area (Å²) in [6.07, 6.45) is 2.50. The molecular formula is C19H26N4O3S2. The molecule has 1 aliphatic rings. The average Bonchev–Trinajstić information content (AvgIpc) is 3.08. The highest BCUT2D eigenvalue weighted by Gasteiger charge is 2.18. The minimum absolute atomic E-state index is 0.137. The van der Waals surface area contributed by atoms with Crippen molar-refractivity contribution in [3.63, 3.8) is 0 Å². The molecule has 152 valence electrons. The van der Waals surface area contributed by atoms with Gasteiger partial charge in [-0.15, -0.1) is 11.3 Å². The van der Waals surface area contributed by atoms with E-state index >= 15 is 0 Å². The van der Waals surface area contributed by atoms with Crippen molar-refractivity contribution < 1.29 is 13.2 Å². The molecular weight excluding hydrogens is 396 g/mol. The molecule has 2 heterocycles. The molecule has 1 saturated heterocycles. The zero-order chi connectivity index (χ0) is 20.1. The topological polar surface area (TPSA) is 91.4 Å². The van der Waals surface area contributed by atoms with E-state index < -0.39 is 10.0 Å². The molecule has 1 unspecified atom stereocenters. The van der Waals surface area contributed by atoms with Crippen LogP contribution in [0, 0.1) is 5.92 Å². The van der Waals surface area contributed by atoms with E-state index in [4.69, 9.17) is 0 Å². The first-order chi connectivity index (χ1) is 13.4. The Labute approximate surface area is 170 Å². The van der Waals surface area contributed by atoms with Gasteiger partial charge in [-0.05, 0) is 49.6 Å². The Morgan fingerprint density at radius 1 is 1.32 bits per heavy atom. The highest BCUT2D eigenvalue weighted by Crippen LogP contribution is 2.21. The summed E-state index contributed by atoms with van der Waals surface area (Å²) >= 11 is 1.40. The van der Waals surface area contributed by atoms with E-state index in [0.717, 1.165) is 25.3 Å². The van der Waals surface area contributed by atoms with Gasteiger partial charge < -0.3 is 0 Å². The molecule has 0 radical (unpaired) electrons. The fourth-order valence-electron chi connectivity index (χ4n) is 3.32. The SMILES string of the molecule is CCNS(=O)(=O)c1ccc(C(=O)Nc2nc(CN3CCCC(C)C3)cs2)cc1. The van der Waals surface area contributed by atoms with E-state index in [1.807, 2.05) is 5.38 Å². The van der Waals surface area contributed by atoms with Crippen LogP contribution in [0.5, 0.6) is 0 Å². The number of piperidine rings is 1. The molecule has 0 saturated carbocycles. The average molecular weight is 423 g/mol. The monoisotopic (exact) mass is 422 g/mol. The van der Waals surface area contributed by atoms with Gasteiger partial charge in [0.25, 0.3) is 5.91 Å². The van der Waals surface area contributed by atoms with E-state index in [9.17, 15) is 13.2 Å². The van der Waals surface area contributed by atoms with E-state index in [1.165, 1.54) is 48.4 Å². The smallest absolute Gasteiger partial charge is 0.257 e. The van der Waals surface area contributed by atoms with E-state index in [0.29, 0.717) is 23.2 Å². The number of hydrogen-bond acceptors (Lipinski definition) is 6. The van der Waals surface area contributed by atoms with Gasteiger partial charge in [-0.1, -0.05) is 13.8 Å². The number of rotatable bonds is 7. The number of benzene rings is 1. The molecule has 1 amide bonds. The number of carbonyl (C=O) groups excluding carboxylic acids is 1. The zero-order valence-electron chi connectivity index (χ0n) is 16.1. The Morgan fingerprint density at radius 3 is 2.75 bits per heavy atom. The van der Waals surface area contributed by atoms with Crippen molar-refractivity contribution in [3.05, 3.63) is 40.9 Å². The molecule has 1 aromatic carbocycles. The van der Waals surface area contributed by atoms with Crippen LogP contribution in [0.4, 0.5) is 5.13 Å². The molecule has 7 nitrogen and oxygen atoms in total. The fourth-order valence-corrected chi connectivity index (χ4v) is 5.06. The second kappa shape index (κ2) is 9.13. The summed E-state index contributed by atoms with van der Waals surface area (Å²) < 4.78 is 26.4. The predicted octanol–water partition coefficient (Wildman–Crippen LogP) is 2.93. The zero-order valence-corrected chi connectivity index (χ0v) is 17.8. The Kier molecular flexibility index (Phi) is 6.82. The van der Waals surface area contributed by atoms with Gasteiger partial charge in [0.05, 0.1) is 10.6 Å². The van der Waals surface area contributed by atoms with Crippen molar-refractivity contribution in [2.75, 3.05) is 25.0 Å². The van der Waals surface area contributed by atoms with Crippen LogP contribution in [0.2, 0.25) is 0 Å². The quantitative estimate of drug-likeness (QED) is 0.716. The summed E-state index contributed by atoms with van der Waals surface area (Å²) in [5.41, 5.74) is 1.35. The lowest BCUT2D eigenvalue weighted by molar-refractivity contribution is 0.102. The molecule has 2 N–H and O–H groups in total. The summed E-state index contributed by atoms with van der Waals surface area (Å²) in [7, 11) is -3.52. The number of sulfonamides is 1. The van der Waals surface area contributed by atoms with Crippen LogP contribution >= 0.6 is 11.3 Å². The molecule has 1 aromatic heterocycles. The lowest BCUT2D eigenvalue weighted by atomic mass is 10.0. The summed E-state index contributed by atoms with van der Waals surface area (Å²) in [4.78, 5) is 19.5. The number of aromatic nitrogens is 1. The van der Waals surface area contributed by atoms with E-state index in [2.05, 4.69) is 26.8 Å². The van der Waals surface area contributed by atoms with Crippen LogP contribution in [-0.4, -0.2) is 43.8 Å². The molecule has 1 aliphatic heterocycles. The maximum atomic E-state index is 12.4. The number of likely N-dealkylation sites (tertiary alicyclic amines) is 1. The normalized spacial score (nSPS) is 18.1. The van der Waals surface area contributed by atoms with Gasteiger partial charge in [0.1, 0.15) is 0 Å².